The Hall–Kier alpha value is -1.26. The van der Waals surface area contributed by atoms with Crippen molar-refractivity contribution in [3.05, 3.63) is 29.8 Å². The Morgan fingerprint density at radius 1 is 1.42 bits per heavy atom. The van der Waals surface area contributed by atoms with Gasteiger partial charge in [-0.1, -0.05) is 18.2 Å². The highest BCUT2D eigenvalue weighted by atomic mass is 35.5. The van der Waals surface area contributed by atoms with Gasteiger partial charge in [0, 0.05) is 18.5 Å². The first-order valence-electron chi connectivity index (χ1n) is 6.47. The summed E-state index contributed by atoms with van der Waals surface area (Å²) in [6.07, 6.45) is 2.41. The second-order valence-corrected chi connectivity index (χ2v) is 4.50. The normalized spacial score (nSPS) is 17.4. The van der Waals surface area contributed by atoms with Crippen molar-refractivity contribution in [1.29, 1.82) is 0 Å². The van der Waals surface area contributed by atoms with Crippen molar-refractivity contribution >= 4 is 18.3 Å². The van der Waals surface area contributed by atoms with Crippen LogP contribution in [0.15, 0.2) is 24.3 Å². The minimum absolute atomic E-state index is 0. The molecule has 1 aliphatic rings. The molecule has 0 saturated carbocycles. The molecule has 1 atom stereocenters. The lowest BCUT2D eigenvalue weighted by Crippen LogP contribution is -2.30. The maximum absolute atomic E-state index is 11.8. The van der Waals surface area contributed by atoms with Crippen molar-refractivity contribution < 1.29 is 9.53 Å². The number of hydrogen-bond acceptors (Lipinski definition) is 3. The van der Waals surface area contributed by atoms with Crippen LogP contribution in [0.1, 0.15) is 30.9 Å². The SMILES string of the molecule is CNCCC(=O)NC1CCCOc2ccccc21.Cl. The molecule has 2 N–H and O–H groups in total. The van der Waals surface area contributed by atoms with Gasteiger partial charge in [0.2, 0.25) is 5.91 Å². The van der Waals surface area contributed by atoms with E-state index in [9.17, 15) is 4.79 Å². The number of nitrogens with one attached hydrogen (secondary N) is 2. The molecule has 4 nitrogen and oxygen atoms in total. The van der Waals surface area contributed by atoms with Crippen LogP contribution in [0.25, 0.3) is 0 Å². The molecule has 0 aromatic heterocycles. The molecule has 0 spiro atoms. The molecule has 1 amide bonds. The van der Waals surface area contributed by atoms with E-state index in [0.717, 1.165) is 30.8 Å². The third kappa shape index (κ3) is 4.40. The molecule has 19 heavy (non-hydrogen) atoms. The lowest BCUT2D eigenvalue weighted by atomic mass is 10.0. The van der Waals surface area contributed by atoms with Crippen LogP contribution in [0.4, 0.5) is 0 Å². The Morgan fingerprint density at radius 2 is 2.21 bits per heavy atom. The Kier molecular flexibility index (Phi) is 6.67. The van der Waals surface area contributed by atoms with Gasteiger partial charge in [0.1, 0.15) is 5.75 Å². The van der Waals surface area contributed by atoms with Crippen molar-refractivity contribution in [2.24, 2.45) is 0 Å². The zero-order chi connectivity index (χ0) is 12.8. The molecule has 1 unspecified atom stereocenters. The second kappa shape index (κ2) is 8.02. The molecule has 0 bridgehead atoms. The average Bonchev–Trinajstić information content (AvgIpc) is 2.59. The van der Waals surface area contributed by atoms with Crippen molar-refractivity contribution in [3.63, 3.8) is 0 Å². The van der Waals surface area contributed by atoms with E-state index in [2.05, 4.69) is 10.6 Å². The van der Waals surface area contributed by atoms with Gasteiger partial charge < -0.3 is 15.4 Å². The molecular formula is C14H21ClN2O2. The Morgan fingerprint density at radius 3 is 3.00 bits per heavy atom. The Bertz CT molecular complexity index is 412. The highest BCUT2D eigenvalue weighted by Gasteiger charge is 2.20. The van der Waals surface area contributed by atoms with Crippen LogP contribution < -0.4 is 15.4 Å². The Balaban J connectivity index is 0.00000180. The number of benzene rings is 1. The third-order valence-corrected chi connectivity index (χ3v) is 3.13. The molecule has 0 aliphatic carbocycles. The van der Waals surface area contributed by atoms with Crippen molar-refractivity contribution in [2.45, 2.75) is 25.3 Å². The third-order valence-electron chi connectivity index (χ3n) is 3.13. The summed E-state index contributed by atoms with van der Waals surface area (Å²) in [5, 5.41) is 6.07. The van der Waals surface area contributed by atoms with Gasteiger partial charge in [-0.15, -0.1) is 12.4 Å². The summed E-state index contributed by atoms with van der Waals surface area (Å²) in [7, 11) is 1.85. The van der Waals surface area contributed by atoms with E-state index in [1.807, 2.05) is 31.3 Å². The van der Waals surface area contributed by atoms with E-state index in [4.69, 9.17) is 4.74 Å². The number of carbonyl (C=O) groups is 1. The van der Waals surface area contributed by atoms with Gasteiger partial charge >= 0.3 is 0 Å². The number of carbonyl (C=O) groups excluding carboxylic acids is 1. The number of hydrogen-bond donors (Lipinski definition) is 2. The smallest absolute Gasteiger partial charge is 0.221 e. The second-order valence-electron chi connectivity index (χ2n) is 4.50. The van der Waals surface area contributed by atoms with Gasteiger partial charge in [0.25, 0.3) is 0 Å². The van der Waals surface area contributed by atoms with Crippen LogP contribution >= 0.6 is 12.4 Å². The van der Waals surface area contributed by atoms with Gasteiger partial charge in [-0.25, -0.2) is 0 Å². The number of ether oxygens (including phenoxy) is 1. The minimum atomic E-state index is 0. The Labute approximate surface area is 120 Å². The van der Waals surface area contributed by atoms with E-state index in [1.54, 1.807) is 0 Å². The van der Waals surface area contributed by atoms with Crippen LogP contribution in [-0.2, 0) is 4.79 Å². The van der Waals surface area contributed by atoms with Crippen molar-refractivity contribution in [3.8, 4) is 5.75 Å². The largest absolute Gasteiger partial charge is 0.493 e. The minimum Gasteiger partial charge on any atom is -0.493 e. The number of rotatable bonds is 4. The van der Waals surface area contributed by atoms with E-state index in [0.29, 0.717) is 13.0 Å². The van der Waals surface area contributed by atoms with E-state index in [1.165, 1.54) is 0 Å². The van der Waals surface area contributed by atoms with E-state index in [-0.39, 0.29) is 24.4 Å². The van der Waals surface area contributed by atoms with Crippen molar-refractivity contribution in [2.75, 3.05) is 20.2 Å². The van der Waals surface area contributed by atoms with Gasteiger partial charge in [-0.05, 0) is 26.0 Å². The first-order valence-corrected chi connectivity index (χ1v) is 6.47. The van der Waals surface area contributed by atoms with E-state index >= 15 is 0 Å². The molecule has 0 saturated heterocycles. The molecule has 1 aromatic rings. The van der Waals surface area contributed by atoms with Gasteiger partial charge in [0.05, 0.1) is 12.6 Å². The summed E-state index contributed by atoms with van der Waals surface area (Å²) >= 11 is 0. The number of amides is 1. The predicted molar refractivity (Wildman–Crippen MR) is 77.8 cm³/mol. The fraction of sp³-hybridized carbons (Fsp3) is 0.500. The predicted octanol–water partition coefficient (Wildman–Crippen LogP) is 2.05. The monoisotopic (exact) mass is 284 g/mol. The van der Waals surface area contributed by atoms with Crippen LogP contribution in [0.2, 0.25) is 0 Å². The maximum atomic E-state index is 11.8. The summed E-state index contributed by atoms with van der Waals surface area (Å²) in [4.78, 5) is 11.8. The molecule has 1 aliphatic heterocycles. The lowest BCUT2D eigenvalue weighted by Gasteiger charge is -2.18. The zero-order valence-electron chi connectivity index (χ0n) is 11.1. The molecular weight excluding hydrogens is 264 g/mol. The maximum Gasteiger partial charge on any atom is 0.221 e. The zero-order valence-corrected chi connectivity index (χ0v) is 12.0. The molecule has 0 fully saturated rings. The highest BCUT2D eigenvalue weighted by molar-refractivity contribution is 5.85. The van der Waals surface area contributed by atoms with Crippen LogP contribution in [0.5, 0.6) is 5.75 Å². The number of fused-ring (bicyclic) bond motifs is 1. The summed E-state index contributed by atoms with van der Waals surface area (Å²) in [6, 6.07) is 8.02. The quantitative estimate of drug-likeness (QED) is 0.890. The van der Waals surface area contributed by atoms with Gasteiger partial charge in [-0.2, -0.15) is 0 Å². The van der Waals surface area contributed by atoms with Crippen LogP contribution in [0.3, 0.4) is 0 Å². The molecule has 1 heterocycles. The average molecular weight is 285 g/mol. The first kappa shape index (κ1) is 15.8. The standard InChI is InChI=1S/C14H20N2O2.ClH/c1-15-9-8-14(17)16-12-6-4-10-18-13-7-3-2-5-11(12)13;/h2-3,5,7,12,15H,4,6,8-10H2,1H3,(H,16,17);1H. The molecule has 2 rings (SSSR count). The summed E-state index contributed by atoms with van der Waals surface area (Å²) in [5.41, 5.74) is 1.09. The molecule has 106 valence electrons. The fourth-order valence-corrected chi connectivity index (χ4v) is 2.18. The van der Waals surface area contributed by atoms with Gasteiger partial charge in [-0.3, -0.25) is 4.79 Å². The van der Waals surface area contributed by atoms with Crippen LogP contribution in [-0.4, -0.2) is 26.1 Å². The summed E-state index contributed by atoms with van der Waals surface area (Å²) < 4.78 is 5.68. The number of para-hydroxylation sites is 1. The first-order chi connectivity index (χ1) is 8.81. The number of halogens is 1. The highest BCUT2D eigenvalue weighted by Crippen LogP contribution is 2.30. The van der Waals surface area contributed by atoms with E-state index < -0.39 is 0 Å². The summed E-state index contributed by atoms with van der Waals surface area (Å²) in [5.74, 6) is 0.986. The topological polar surface area (TPSA) is 50.4 Å². The summed E-state index contributed by atoms with van der Waals surface area (Å²) in [6.45, 7) is 1.43. The molecule has 5 heteroatoms. The molecule has 1 aromatic carbocycles. The molecule has 0 radical (unpaired) electrons. The van der Waals surface area contributed by atoms with Crippen LogP contribution in [0, 0.1) is 0 Å². The van der Waals surface area contributed by atoms with Crippen molar-refractivity contribution in [1.82, 2.24) is 10.6 Å². The van der Waals surface area contributed by atoms with Gasteiger partial charge in [0.15, 0.2) is 0 Å². The fourth-order valence-electron chi connectivity index (χ4n) is 2.18. The lowest BCUT2D eigenvalue weighted by molar-refractivity contribution is -0.121.